The maximum absolute atomic E-state index is 14.0. The predicted molar refractivity (Wildman–Crippen MR) is 88.9 cm³/mol. The third-order valence-corrected chi connectivity index (χ3v) is 6.51. The van der Waals surface area contributed by atoms with Crippen LogP contribution in [-0.4, -0.2) is 28.0 Å². The normalized spacial score (nSPS) is 13.6. The number of hydrogen-bond acceptors (Lipinski definition) is 5. The van der Waals surface area contributed by atoms with E-state index >= 15 is 0 Å². The van der Waals surface area contributed by atoms with E-state index in [9.17, 15) is 26.0 Å². The van der Waals surface area contributed by atoms with E-state index in [1.165, 1.54) is 13.8 Å². The van der Waals surface area contributed by atoms with Crippen LogP contribution in [0.3, 0.4) is 0 Å². The van der Waals surface area contributed by atoms with Crippen molar-refractivity contribution in [2.45, 2.75) is 44.3 Å². The van der Waals surface area contributed by atoms with E-state index in [0.717, 1.165) is 12.1 Å². The van der Waals surface area contributed by atoms with Crippen molar-refractivity contribution in [2.75, 3.05) is 4.72 Å². The summed E-state index contributed by atoms with van der Waals surface area (Å²) >= 11 is 0. The number of rotatable bonds is 7. The Bertz CT molecular complexity index is 820. The molecular weight excluding hydrogens is 359 g/mol. The zero-order chi connectivity index (χ0) is 18.7. The highest BCUT2D eigenvalue weighted by molar-refractivity contribution is 7.93. The molecule has 24 heavy (non-hydrogen) atoms. The lowest BCUT2D eigenvalue weighted by molar-refractivity contribution is -0.122. The van der Waals surface area contributed by atoms with Gasteiger partial charge in [0.1, 0.15) is 5.82 Å². The summed E-state index contributed by atoms with van der Waals surface area (Å²) in [5.41, 5.74) is -0.365. The molecule has 0 radical (unpaired) electrons. The topological polar surface area (TPSA) is 109 Å². The molecule has 136 valence electrons. The maximum Gasteiger partial charge on any atom is 0.264 e. The number of amides is 1. The average Bonchev–Trinajstić information content (AvgIpc) is 2.47. The second-order valence-corrected chi connectivity index (χ2v) is 9.54. The summed E-state index contributed by atoms with van der Waals surface area (Å²) in [7, 11) is -8.00. The maximum atomic E-state index is 14.0. The van der Waals surface area contributed by atoms with Crippen molar-refractivity contribution in [2.24, 2.45) is 5.92 Å². The quantitative estimate of drug-likeness (QED) is 0.750. The molecule has 0 saturated carbocycles. The van der Waals surface area contributed by atoms with Crippen LogP contribution in [0.2, 0.25) is 0 Å². The first-order valence-electron chi connectivity index (χ1n) is 7.28. The van der Waals surface area contributed by atoms with Crippen LogP contribution in [0.4, 0.5) is 10.1 Å². The molecule has 0 aliphatic carbocycles. The first kappa shape index (κ1) is 20.4. The second-order valence-electron chi connectivity index (χ2n) is 5.62. The molecule has 0 spiro atoms. The van der Waals surface area contributed by atoms with E-state index in [4.69, 9.17) is 0 Å². The Labute approximate surface area is 141 Å². The third-order valence-electron chi connectivity index (χ3n) is 3.42. The molecule has 0 aromatic heterocycles. The van der Waals surface area contributed by atoms with Crippen molar-refractivity contribution < 1.29 is 26.0 Å². The Morgan fingerprint density at radius 2 is 1.75 bits per heavy atom. The molecule has 1 rings (SSSR count). The van der Waals surface area contributed by atoms with Crippen molar-refractivity contribution in [3.05, 3.63) is 24.0 Å². The molecule has 0 aliphatic heterocycles. The van der Waals surface area contributed by atoms with E-state index in [-0.39, 0.29) is 5.69 Å². The molecule has 0 heterocycles. The van der Waals surface area contributed by atoms with Gasteiger partial charge in [-0.15, -0.1) is 0 Å². The highest BCUT2D eigenvalue weighted by atomic mass is 32.2. The Hall–Kier alpha value is -1.68. The van der Waals surface area contributed by atoms with Gasteiger partial charge in [0.2, 0.25) is 15.9 Å². The van der Waals surface area contributed by atoms with Gasteiger partial charge in [-0.2, -0.15) is 0 Å². The van der Waals surface area contributed by atoms with Crippen molar-refractivity contribution >= 4 is 31.6 Å². The van der Waals surface area contributed by atoms with Crippen LogP contribution in [0.1, 0.15) is 34.1 Å². The van der Waals surface area contributed by atoms with Gasteiger partial charge in [0.25, 0.3) is 10.0 Å². The van der Waals surface area contributed by atoms with Crippen LogP contribution in [0.25, 0.3) is 0 Å². The van der Waals surface area contributed by atoms with Gasteiger partial charge in [0, 0.05) is 5.92 Å². The zero-order valence-corrected chi connectivity index (χ0v) is 15.5. The number of hydrogen-bond donors (Lipinski definition) is 2. The molecule has 2 N–H and O–H groups in total. The van der Waals surface area contributed by atoms with Crippen molar-refractivity contribution in [1.29, 1.82) is 0 Å². The van der Waals surface area contributed by atoms with Crippen LogP contribution in [0, 0.1) is 11.7 Å². The van der Waals surface area contributed by atoms with Crippen LogP contribution in [0.5, 0.6) is 0 Å². The summed E-state index contributed by atoms with van der Waals surface area (Å²) in [6.07, 6.45) is 0.450. The fraction of sp³-hybridized carbons (Fsp3) is 0.500. The molecule has 1 atom stereocenters. The summed E-state index contributed by atoms with van der Waals surface area (Å²) in [5.74, 6) is -2.26. The van der Waals surface area contributed by atoms with E-state index in [1.54, 1.807) is 13.8 Å². The molecule has 10 heteroatoms. The van der Waals surface area contributed by atoms with Crippen LogP contribution >= 0.6 is 0 Å². The lowest BCUT2D eigenvalue weighted by Crippen LogP contribution is -2.34. The first-order valence-corrected chi connectivity index (χ1v) is 10.3. The largest absolute Gasteiger partial charge is 0.280 e. The lowest BCUT2D eigenvalue weighted by Gasteiger charge is -2.13. The summed E-state index contributed by atoms with van der Waals surface area (Å²) < 4.78 is 65.6. The molecule has 1 amide bonds. The highest BCUT2D eigenvalue weighted by Gasteiger charge is 2.23. The standard InChI is InChI=1S/C14H21FN2O5S2/c1-5-10(4)14(18)17-24(21,22)11-6-7-13(12(15)8-11)16-23(19,20)9(2)3/h6-10,16H,5H2,1-4H3,(H,17,18)/t10-/m1/s1. The van der Waals surface area contributed by atoms with Gasteiger partial charge in [-0.3, -0.25) is 9.52 Å². The highest BCUT2D eigenvalue weighted by Crippen LogP contribution is 2.21. The Balaban J connectivity index is 3.09. The van der Waals surface area contributed by atoms with Gasteiger partial charge in [0.15, 0.2) is 0 Å². The van der Waals surface area contributed by atoms with E-state index in [1.807, 2.05) is 9.44 Å². The van der Waals surface area contributed by atoms with Crippen LogP contribution < -0.4 is 9.44 Å². The smallest absolute Gasteiger partial charge is 0.264 e. The molecule has 0 saturated heterocycles. The van der Waals surface area contributed by atoms with Crippen molar-refractivity contribution in [3.8, 4) is 0 Å². The average molecular weight is 380 g/mol. The first-order chi connectivity index (χ1) is 10.9. The Morgan fingerprint density at radius 1 is 1.17 bits per heavy atom. The summed E-state index contributed by atoms with van der Waals surface area (Å²) in [4.78, 5) is 11.2. The minimum Gasteiger partial charge on any atom is -0.280 e. The Morgan fingerprint density at radius 3 is 2.21 bits per heavy atom. The molecule has 7 nitrogen and oxygen atoms in total. The molecule has 0 fully saturated rings. The number of carbonyl (C=O) groups excluding carboxylic acids is 1. The zero-order valence-electron chi connectivity index (χ0n) is 13.8. The monoisotopic (exact) mass is 380 g/mol. The Kier molecular flexibility index (Phi) is 6.34. The number of halogens is 1. The van der Waals surface area contributed by atoms with Crippen molar-refractivity contribution in [1.82, 2.24) is 4.72 Å². The van der Waals surface area contributed by atoms with Crippen LogP contribution in [0.15, 0.2) is 23.1 Å². The fourth-order valence-electron chi connectivity index (χ4n) is 1.49. The number of carbonyl (C=O) groups is 1. The number of sulfonamides is 2. The van der Waals surface area contributed by atoms with Gasteiger partial charge in [-0.25, -0.2) is 25.9 Å². The molecule has 0 unspecified atom stereocenters. The summed E-state index contributed by atoms with van der Waals surface area (Å²) in [6.45, 7) is 6.13. The SMILES string of the molecule is CC[C@@H](C)C(=O)NS(=O)(=O)c1ccc(NS(=O)(=O)C(C)C)c(F)c1. The number of benzene rings is 1. The molecule has 0 bridgehead atoms. The number of nitrogens with one attached hydrogen (secondary N) is 2. The molecule has 1 aromatic rings. The molecular formula is C14H21FN2O5S2. The van der Waals surface area contributed by atoms with E-state index in [0.29, 0.717) is 12.5 Å². The lowest BCUT2D eigenvalue weighted by atomic mass is 10.1. The minimum atomic E-state index is -4.23. The number of anilines is 1. The summed E-state index contributed by atoms with van der Waals surface area (Å²) in [5, 5.41) is -0.782. The van der Waals surface area contributed by atoms with Gasteiger partial charge in [0.05, 0.1) is 15.8 Å². The van der Waals surface area contributed by atoms with Gasteiger partial charge in [-0.05, 0) is 38.5 Å². The van der Waals surface area contributed by atoms with Gasteiger partial charge < -0.3 is 0 Å². The minimum absolute atomic E-state index is 0.365. The predicted octanol–water partition coefficient (Wildman–Crippen LogP) is 1.83. The second kappa shape index (κ2) is 7.47. The van der Waals surface area contributed by atoms with Crippen molar-refractivity contribution in [3.63, 3.8) is 0 Å². The van der Waals surface area contributed by atoms with Crippen LogP contribution in [-0.2, 0) is 24.8 Å². The third kappa shape index (κ3) is 4.91. The molecule has 0 aliphatic rings. The van der Waals surface area contributed by atoms with Gasteiger partial charge >= 0.3 is 0 Å². The fourth-order valence-corrected chi connectivity index (χ4v) is 3.29. The molecule has 1 aromatic carbocycles. The van der Waals surface area contributed by atoms with E-state index < -0.39 is 47.8 Å². The van der Waals surface area contributed by atoms with E-state index in [2.05, 4.69) is 0 Å². The van der Waals surface area contributed by atoms with Gasteiger partial charge in [-0.1, -0.05) is 13.8 Å². The summed E-state index contributed by atoms with van der Waals surface area (Å²) in [6, 6.07) is 2.68.